The van der Waals surface area contributed by atoms with Crippen LogP contribution >= 0.6 is 0 Å². The van der Waals surface area contributed by atoms with Crippen molar-refractivity contribution in [2.45, 2.75) is 57.5 Å². The number of likely N-dealkylation sites (tertiary alicyclic amines) is 1. The molecule has 0 radical (unpaired) electrons. The van der Waals surface area contributed by atoms with Crippen LogP contribution in [0.2, 0.25) is 0 Å². The van der Waals surface area contributed by atoms with Crippen LogP contribution in [0.4, 0.5) is 0 Å². The molecular weight excluding hydrogens is 278 g/mol. The van der Waals surface area contributed by atoms with Crippen LogP contribution in [0.1, 0.15) is 45.4 Å². The van der Waals surface area contributed by atoms with Gasteiger partial charge < -0.3 is 15.5 Å². The van der Waals surface area contributed by atoms with Gasteiger partial charge in [-0.15, -0.1) is 0 Å². The Morgan fingerprint density at radius 3 is 2.82 bits per heavy atom. The van der Waals surface area contributed by atoms with E-state index in [1.54, 1.807) is 0 Å². The highest BCUT2D eigenvalue weighted by Gasteiger charge is 2.25. The molecule has 0 bridgehead atoms. The van der Waals surface area contributed by atoms with Gasteiger partial charge in [0.25, 0.3) is 0 Å². The fourth-order valence-electron chi connectivity index (χ4n) is 3.41. The third-order valence-corrected chi connectivity index (χ3v) is 4.69. The van der Waals surface area contributed by atoms with Crippen LogP contribution in [-0.4, -0.2) is 60.7 Å². The first-order valence-electron chi connectivity index (χ1n) is 8.56. The Labute approximate surface area is 132 Å². The van der Waals surface area contributed by atoms with Crippen molar-refractivity contribution in [2.75, 3.05) is 26.2 Å². The molecule has 6 nitrogen and oxygen atoms in total. The molecule has 3 aliphatic rings. The zero-order valence-electron chi connectivity index (χ0n) is 13.5. The van der Waals surface area contributed by atoms with E-state index in [9.17, 15) is 4.79 Å². The van der Waals surface area contributed by atoms with Gasteiger partial charge in [-0.2, -0.15) is 0 Å². The minimum Gasteiger partial charge on any atom is -0.371 e. The molecule has 122 valence electrons. The SMILES string of the molecule is CC1=NCC(CN=C2CCC(CC(=O)N3CCCCC3)N2)N1. The molecule has 0 aromatic rings. The van der Waals surface area contributed by atoms with E-state index < -0.39 is 0 Å². The number of hydrogen-bond donors (Lipinski definition) is 2. The molecule has 2 saturated heterocycles. The first kappa shape index (κ1) is 15.3. The van der Waals surface area contributed by atoms with Crippen LogP contribution in [0.25, 0.3) is 0 Å². The van der Waals surface area contributed by atoms with E-state index >= 15 is 0 Å². The molecule has 1 amide bonds. The number of piperidine rings is 1. The number of nitrogens with one attached hydrogen (secondary N) is 2. The summed E-state index contributed by atoms with van der Waals surface area (Å²) < 4.78 is 0. The fraction of sp³-hybridized carbons (Fsp3) is 0.812. The third-order valence-electron chi connectivity index (χ3n) is 4.69. The maximum absolute atomic E-state index is 12.3. The van der Waals surface area contributed by atoms with Gasteiger partial charge >= 0.3 is 0 Å². The molecule has 22 heavy (non-hydrogen) atoms. The molecule has 2 N–H and O–H groups in total. The Bertz CT molecular complexity index is 467. The van der Waals surface area contributed by atoms with Crippen molar-refractivity contribution in [1.29, 1.82) is 0 Å². The normalized spacial score (nSPS) is 30.1. The highest BCUT2D eigenvalue weighted by Crippen LogP contribution is 2.16. The van der Waals surface area contributed by atoms with Crippen LogP contribution in [0.3, 0.4) is 0 Å². The minimum absolute atomic E-state index is 0.266. The lowest BCUT2D eigenvalue weighted by Gasteiger charge is -2.27. The first-order chi connectivity index (χ1) is 10.7. The van der Waals surface area contributed by atoms with Crippen LogP contribution < -0.4 is 10.6 Å². The lowest BCUT2D eigenvalue weighted by molar-refractivity contribution is -0.132. The number of amidine groups is 2. The summed E-state index contributed by atoms with van der Waals surface area (Å²) in [5.41, 5.74) is 0. The second-order valence-corrected chi connectivity index (χ2v) is 6.58. The topological polar surface area (TPSA) is 69.1 Å². The highest BCUT2D eigenvalue weighted by atomic mass is 16.2. The summed E-state index contributed by atoms with van der Waals surface area (Å²) in [5.74, 6) is 2.37. The Balaban J connectivity index is 1.41. The second kappa shape index (κ2) is 7.11. The van der Waals surface area contributed by atoms with Crippen molar-refractivity contribution in [3.8, 4) is 0 Å². The second-order valence-electron chi connectivity index (χ2n) is 6.58. The van der Waals surface area contributed by atoms with E-state index in [2.05, 4.69) is 20.6 Å². The van der Waals surface area contributed by atoms with Gasteiger partial charge in [0.2, 0.25) is 5.91 Å². The summed E-state index contributed by atoms with van der Waals surface area (Å²) in [6, 6.07) is 0.603. The molecule has 2 fully saturated rings. The molecule has 0 saturated carbocycles. The van der Waals surface area contributed by atoms with Crippen LogP contribution in [0.5, 0.6) is 0 Å². The van der Waals surface area contributed by atoms with E-state index in [1.165, 1.54) is 6.42 Å². The summed E-state index contributed by atoms with van der Waals surface area (Å²) >= 11 is 0. The molecule has 2 unspecified atom stereocenters. The van der Waals surface area contributed by atoms with Gasteiger partial charge in [-0.25, -0.2) is 0 Å². The number of rotatable bonds is 4. The quantitative estimate of drug-likeness (QED) is 0.812. The monoisotopic (exact) mass is 305 g/mol. The van der Waals surface area contributed by atoms with Crippen molar-refractivity contribution in [3.05, 3.63) is 0 Å². The van der Waals surface area contributed by atoms with Gasteiger partial charge in [0.1, 0.15) is 0 Å². The molecular formula is C16H27N5O. The smallest absolute Gasteiger partial charge is 0.224 e. The predicted molar refractivity (Wildman–Crippen MR) is 88.4 cm³/mol. The summed E-state index contributed by atoms with van der Waals surface area (Å²) in [7, 11) is 0. The summed E-state index contributed by atoms with van der Waals surface area (Å²) in [6.07, 6.45) is 6.18. The van der Waals surface area contributed by atoms with Gasteiger partial charge in [0.05, 0.1) is 30.8 Å². The molecule has 0 aromatic heterocycles. The van der Waals surface area contributed by atoms with E-state index in [4.69, 9.17) is 0 Å². The Kier molecular flexibility index (Phi) is 4.95. The number of carbonyl (C=O) groups is 1. The zero-order valence-corrected chi connectivity index (χ0v) is 13.5. The van der Waals surface area contributed by atoms with E-state index in [0.717, 1.165) is 63.5 Å². The van der Waals surface area contributed by atoms with E-state index in [0.29, 0.717) is 18.4 Å². The molecule has 6 heteroatoms. The number of aliphatic imine (C=N–C) groups is 2. The lowest BCUT2D eigenvalue weighted by Crippen LogP contribution is -2.39. The maximum Gasteiger partial charge on any atom is 0.224 e. The number of amides is 1. The van der Waals surface area contributed by atoms with Gasteiger partial charge in [0, 0.05) is 32.0 Å². The maximum atomic E-state index is 12.3. The van der Waals surface area contributed by atoms with Gasteiger partial charge in [-0.05, 0) is 32.6 Å². The standard InChI is InChI=1S/C16H27N5O/c1-12-17-10-14(19-12)11-18-15-6-5-13(20-15)9-16(22)21-7-3-2-4-8-21/h13-14H,2-11H2,1H3,(H,17,19)(H,18,20). The fourth-order valence-corrected chi connectivity index (χ4v) is 3.41. The molecule has 0 aliphatic carbocycles. The van der Waals surface area contributed by atoms with Gasteiger partial charge in [-0.1, -0.05) is 0 Å². The third kappa shape index (κ3) is 3.99. The Morgan fingerprint density at radius 2 is 2.09 bits per heavy atom. The largest absolute Gasteiger partial charge is 0.371 e. The summed E-state index contributed by atoms with van der Waals surface area (Å²) in [6.45, 7) is 5.46. The molecule has 3 rings (SSSR count). The van der Waals surface area contributed by atoms with Crippen LogP contribution in [0.15, 0.2) is 9.98 Å². The lowest BCUT2D eigenvalue weighted by atomic mass is 10.1. The Morgan fingerprint density at radius 1 is 1.27 bits per heavy atom. The Hall–Kier alpha value is -1.59. The van der Waals surface area contributed by atoms with Crippen molar-refractivity contribution < 1.29 is 4.79 Å². The molecule has 2 atom stereocenters. The van der Waals surface area contributed by atoms with Crippen molar-refractivity contribution in [2.24, 2.45) is 9.98 Å². The van der Waals surface area contributed by atoms with E-state index in [-0.39, 0.29) is 6.04 Å². The summed E-state index contributed by atoms with van der Waals surface area (Å²) in [4.78, 5) is 23.3. The molecule has 0 aromatic carbocycles. The van der Waals surface area contributed by atoms with Crippen molar-refractivity contribution in [1.82, 2.24) is 15.5 Å². The molecule has 3 heterocycles. The average molecular weight is 305 g/mol. The number of carbonyl (C=O) groups excluding carboxylic acids is 1. The van der Waals surface area contributed by atoms with Gasteiger partial charge in [0.15, 0.2) is 0 Å². The average Bonchev–Trinajstić information content (AvgIpc) is 3.15. The van der Waals surface area contributed by atoms with Crippen molar-refractivity contribution >= 4 is 17.6 Å². The predicted octanol–water partition coefficient (Wildman–Crippen LogP) is 0.930. The summed E-state index contributed by atoms with van der Waals surface area (Å²) in [5, 5.41) is 6.75. The van der Waals surface area contributed by atoms with Crippen LogP contribution in [0, 0.1) is 0 Å². The first-order valence-corrected chi connectivity index (χ1v) is 8.56. The zero-order chi connectivity index (χ0) is 15.4. The van der Waals surface area contributed by atoms with Crippen molar-refractivity contribution in [3.63, 3.8) is 0 Å². The minimum atomic E-state index is 0.266. The van der Waals surface area contributed by atoms with Gasteiger partial charge in [-0.3, -0.25) is 14.8 Å². The van der Waals surface area contributed by atoms with Crippen LogP contribution in [-0.2, 0) is 4.79 Å². The molecule has 0 spiro atoms. The number of nitrogens with zero attached hydrogens (tertiary/aromatic N) is 3. The highest BCUT2D eigenvalue weighted by molar-refractivity contribution is 5.86. The molecule has 3 aliphatic heterocycles. The van der Waals surface area contributed by atoms with E-state index in [1.807, 2.05) is 11.8 Å². The number of hydrogen-bond acceptors (Lipinski definition) is 4.